The normalized spacial score (nSPS) is 33.1. The first-order chi connectivity index (χ1) is 8.09. The van der Waals surface area contributed by atoms with Gasteiger partial charge in [0.1, 0.15) is 0 Å². The van der Waals surface area contributed by atoms with Crippen LogP contribution in [0.1, 0.15) is 46.0 Å². The Morgan fingerprint density at radius 3 is 2.41 bits per heavy atom. The smallest absolute Gasteiger partial charge is 0.223 e. The van der Waals surface area contributed by atoms with Crippen LogP contribution in [0.2, 0.25) is 0 Å². The van der Waals surface area contributed by atoms with Crippen molar-refractivity contribution >= 4 is 17.5 Å². The summed E-state index contributed by atoms with van der Waals surface area (Å²) < 4.78 is 0. The van der Waals surface area contributed by atoms with Crippen LogP contribution < -0.4 is 5.32 Å². The molecular formula is C14H24ClNO. The van der Waals surface area contributed by atoms with E-state index >= 15 is 0 Å². The minimum atomic E-state index is 0.0831. The molecule has 0 spiro atoms. The molecule has 2 aliphatic carbocycles. The maximum Gasteiger partial charge on any atom is 0.223 e. The summed E-state index contributed by atoms with van der Waals surface area (Å²) in [5.74, 6) is 2.57. The van der Waals surface area contributed by atoms with Crippen LogP contribution >= 0.6 is 11.6 Å². The van der Waals surface area contributed by atoms with Gasteiger partial charge in [-0.15, -0.1) is 11.6 Å². The Labute approximate surface area is 109 Å². The van der Waals surface area contributed by atoms with Crippen molar-refractivity contribution in [2.45, 2.75) is 51.3 Å². The molecule has 1 N–H and O–H groups in total. The quantitative estimate of drug-likeness (QED) is 0.753. The van der Waals surface area contributed by atoms with Gasteiger partial charge in [-0.05, 0) is 37.0 Å². The predicted octanol–water partition coefficient (Wildman–Crippen LogP) is 3.19. The van der Waals surface area contributed by atoms with Gasteiger partial charge >= 0.3 is 0 Å². The fourth-order valence-electron chi connectivity index (χ4n) is 3.31. The zero-order valence-electron chi connectivity index (χ0n) is 10.9. The molecule has 0 heterocycles. The first-order valence-electron chi connectivity index (χ1n) is 7.01. The number of nitrogens with one attached hydrogen (secondary N) is 1. The second kappa shape index (κ2) is 5.60. The highest BCUT2D eigenvalue weighted by molar-refractivity contribution is 6.20. The van der Waals surface area contributed by atoms with Crippen LogP contribution in [-0.2, 0) is 4.79 Å². The van der Waals surface area contributed by atoms with E-state index in [2.05, 4.69) is 19.2 Å². The summed E-state index contributed by atoms with van der Waals surface area (Å²) in [5, 5.41) is 3.12. The van der Waals surface area contributed by atoms with Crippen LogP contribution in [0.3, 0.4) is 0 Å². The maximum atomic E-state index is 12.0. The summed E-state index contributed by atoms with van der Waals surface area (Å²) >= 11 is 6.18. The molecule has 98 valence electrons. The number of alkyl halides is 1. The van der Waals surface area contributed by atoms with Crippen molar-refractivity contribution in [1.29, 1.82) is 0 Å². The second-order valence-electron chi connectivity index (χ2n) is 6.11. The van der Waals surface area contributed by atoms with Crippen molar-refractivity contribution in [3.8, 4) is 0 Å². The molecule has 2 fully saturated rings. The van der Waals surface area contributed by atoms with E-state index in [1.807, 2.05) is 0 Å². The van der Waals surface area contributed by atoms with Gasteiger partial charge in [0.15, 0.2) is 0 Å². The predicted molar refractivity (Wildman–Crippen MR) is 71.0 cm³/mol. The lowest BCUT2D eigenvalue weighted by Crippen LogP contribution is -2.32. The number of hydrogen-bond donors (Lipinski definition) is 1. The second-order valence-corrected chi connectivity index (χ2v) is 6.73. The molecule has 2 aliphatic rings. The lowest BCUT2D eigenvalue weighted by molar-refractivity contribution is -0.122. The first-order valence-corrected chi connectivity index (χ1v) is 7.45. The van der Waals surface area contributed by atoms with Crippen molar-refractivity contribution in [2.75, 3.05) is 6.54 Å². The first kappa shape index (κ1) is 13.2. The lowest BCUT2D eigenvalue weighted by Gasteiger charge is -2.12. The van der Waals surface area contributed by atoms with E-state index in [1.165, 1.54) is 25.7 Å². The highest BCUT2D eigenvalue weighted by atomic mass is 35.5. The molecule has 0 saturated heterocycles. The highest BCUT2D eigenvalue weighted by Gasteiger charge is 2.54. The van der Waals surface area contributed by atoms with Gasteiger partial charge in [0.2, 0.25) is 5.91 Å². The molecule has 2 nitrogen and oxygen atoms in total. The van der Waals surface area contributed by atoms with E-state index < -0.39 is 0 Å². The molecule has 1 amide bonds. The molecule has 3 heteroatoms. The largest absolute Gasteiger partial charge is 0.354 e. The molecule has 3 atom stereocenters. The third-order valence-electron chi connectivity index (χ3n) is 4.18. The number of fused-ring (bicyclic) bond motifs is 1. The summed E-state index contributed by atoms with van der Waals surface area (Å²) in [6.07, 6.45) is 6.13. The SMILES string of the molecule is CC(C)CC(Cl)CNC(=O)C1C2CCCCC21. The van der Waals surface area contributed by atoms with E-state index in [4.69, 9.17) is 11.6 Å². The van der Waals surface area contributed by atoms with E-state index in [9.17, 15) is 4.79 Å². The van der Waals surface area contributed by atoms with Gasteiger partial charge in [0, 0.05) is 12.5 Å². The fraction of sp³-hybridized carbons (Fsp3) is 0.929. The van der Waals surface area contributed by atoms with Crippen molar-refractivity contribution < 1.29 is 4.79 Å². The Morgan fingerprint density at radius 1 is 1.29 bits per heavy atom. The molecule has 2 saturated carbocycles. The van der Waals surface area contributed by atoms with Crippen molar-refractivity contribution in [3.05, 3.63) is 0 Å². The Kier molecular flexibility index (Phi) is 4.35. The van der Waals surface area contributed by atoms with E-state index in [1.54, 1.807) is 0 Å². The van der Waals surface area contributed by atoms with Gasteiger partial charge in [-0.1, -0.05) is 26.7 Å². The van der Waals surface area contributed by atoms with Crippen LogP contribution in [0, 0.1) is 23.7 Å². The van der Waals surface area contributed by atoms with Gasteiger partial charge in [0.25, 0.3) is 0 Å². The average molecular weight is 258 g/mol. The highest BCUT2D eigenvalue weighted by Crippen LogP contribution is 2.55. The van der Waals surface area contributed by atoms with E-state index in [-0.39, 0.29) is 11.3 Å². The fourth-order valence-corrected chi connectivity index (χ4v) is 3.74. The molecule has 2 rings (SSSR count). The number of halogens is 1. The molecule has 0 aromatic rings. The van der Waals surface area contributed by atoms with Crippen LogP contribution in [0.25, 0.3) is 0 Å². The third-order valence-corrected chi connectivity index (χ3v) is 4.52. The molecule has 0 aromatic heterocycles. The molecule has 0 aromatic carbocycles. The number of carbonyl (C=O) groups is 1. The number of carbonyl (C=O) groups excluding carboxylic acids is 1. The molecule has 0 bridgehead atoms. The van der Waals surface area contributed by atoms with Crippen LogP contribution in [0.5, 0.6) is 0 Å². The summed E-state index contributed by atoms with van der Waals surface area (Å²) in [6, 6.07) is 0. The summed E-state index contributed by atoms with van der Waals surface area (Å²) in [4.78, 5) is 12.0. The topological polar surface area (TPSA) is 29.1 Å². The minimum Gasteiger partial charge on any atom is -0.354 e. The zero-order valence-corrected chi connectivity index (χ0v) is 11.7. The van der Waals surface area contributed by atoms with Gasteiger partial charge in [0.05, 0.1) is 5.38 Å². The van der Waals surface area contributed by atoms with Crippen LogP contribution in [-0.4, -0.2) is 17.8 Å². The Hall–Kier alpha value is -0.240. The van der Waals surface area contributed by atoms with Crippen LogP contribution in [0.4, 0.5) is 0 Å². The van der Waals surface area contributed by atoms with Crippen molar-refractivity contribution in [1.82, 2.24) is 5.32 Å². The van der Waals surface area contributed by atoms with Gasteiger partial charge < -0.3 is 5.32 Å². The summed E-state index contributed by atoms with van der Waals surface area (Å²) in [7, 11) is 0. The molecular weight excluding hydrogens is 234 g/mol. The monoisotopic (exact) mass is 257 g/mol. The Bertz CT molecular complexity index is 267. The maximum absolute atomic E-state index is 12.0. The van der Waals surface area contributed by atoms with Gasteiger partial charge in [-0.2, -0.15) is 0 Å². The lowest BCUT2D eigenvalue weighted by atomic mass is 10.0. The Morgan fingerprint density at radius 2 is 1.88 bits per heavy atom. The molecule has 0 radical (unpaired) electrons. The minimum absolute atomic E-state index is 0.0831. The van der Waals surface area contributed by atoms with E-state index in [0.29, 0.717) is 30.2 Å². The molecule has 3 unspecified atom stereocenters. The standard InChI is InChI=1S/C14H24ClNO/c1-9(2)7-10(15)8-16-14(17)13-11-5-3-4-6-12(11)13/h9-13H,3-8H2,1-2H3,(H,16,17). The molecule has 17 heavy (non-hydrogen) atoms. The van der Waals surface area contributed by atoms with Crippen molar-refractivity contribution in [3.63, 3.8) is 0 Å². The summed E-state index contributed by atoms with van der Waals surface area (Å²) in [5.41, 5.74) is 0. The third kappa shape index (κ3) is 3.37. The van der Waals surface area contributed by atoms with Gasteiger partial charge in [-0.25, -0.2) is 0 Å². The number of rotatable bonds is 5. The number of hydrogen-bond acceptors (Lipinski definition) is 1. The zero-order chi connectivity index (χ0) is 12.4. The van der Waals surface area contributed by atoms with E-state index in [0.717, 1.165) is 6.42 Å². The van der Waals surface area contributed by atoms with Crippen molar-refractivity contribution in [2.24, 2.45) is 23.7 Å². The van der Waals surface area contributed by atoms with Gasteiger partial charge in [-0.3, -0.25) is 4.79 Å². The summed E-state index contributed by atoms with van der Waals surface area (Å²) in [6.45, 7) is 4.95. The Balaban J connectivity index is 1.68. The number of amides is 1. The van der Waals surface area contributed by atoms with Crippen LogP contribution in [0.15, 0.2) is 0 Å². The molecule has 0 aliphatic heterocycles. The average Bonchev–Trinajstić information content (AvgIpc) is 2.99.